The van der Waals surface area contributed by atoms with Crippen molar-refractivity contribution in [1.82, 2.24) is 5.43 Å². The molecule has 1 aliphatic heterocycles. The smallest absolute Gasteiger partial charge is 0.271 e. The minimum atomic E-state index is -0.274. The summed E-state index contributed by atoms with van der Waals surface area (Å²) in [4.78, 5) is 12.6. The molecule has 5 aromatic carbocycles. The molecule has 1 amide bonds. The van der Waals surface area contributed by atoms with Gasteiger partial charge in [0.05, 0.1) is 17.6 Å². The molecule has 0 aliphatic carbocycles. The molecule has 6 rings (SSSR count). The number of benzene rings is 5. The quantitative estimate of drug-likeness (QED) is 0.155. The maximum Gasteiger partial charge on any atom is 0.271 e. The fourth-order valence-electron chi connectivity index (χ4n) is 4.80. The SMILES string of the molecule is O=C(N/N=C/c1ccc(N2CCC(c3ccccc3)=N2)cc1)c1ccc(COc2ccccc2-c2ccccc2)cc1. The van der Waals surface area contributed by atoms with Gasteiger partial charge in [0, 0.05) is 24.1 Å². The van der Waals surface area contributed by atoms with Crippen LogP contribution in [0.5, 0.6) is 5.75 Å². The number of hydrogen-bond donors (Lipinski definition) is 1. The van der Waals surface area contributed by atoms with Gasteiger partial charge >= 0.3 is 0 Å². The zero-order valence-corrected chi connectivity index (χ0v) is 23.1. The van der Waals surface area contributed by atoms with Crippen LogP contribution in [0.2, 0.25) is 0 Å². The van der Waals surface area contributed by atoms with Gasteiger partial charge in [0.1, 0.15) is 12.4 Å². The van der Waals surface area contributed by atoms with Crippen molar-refractivity contribution in [2.45, 2.75) is 13.0 Å². The maximum absolute atomic E-state index is 12.6. The first-order chi connectivity index (χ1) is 20.7. The van der Waals surface area contributed by atoms with Crippen LogP contribution in [0.4, 0.5) is 5.69 Å². The van der Waals surface area contributed by atoms with E-state index in [1.54, 1.807) is 18.3 Å². The van der Waals surface area contributed by atoms with Crippen LogP contribution in [0, 0.1) is 0 Å². The van der Waals surface area contributed by atoms with Crippen molar-refractivity contribution in [3.05, 3.63) is 156 Å². The fourth-order valence-corrected chi connectivity index (χ4v) is 4.80. The number of amides is 1. The highest BCUT2D eigenvalue weighted by Gasteiger charge is 2.17. The number of carbonyl (C=O) groups excluding carboxylic acids is 1. The first-order valence-electron chi connectivity index (χ1n) is 13.9. The van der Waals surface area contributed by atoms with Gasteiger partial charge < -0.3 is 4.74 Å². The molecule has 0 unspecified atom stereocenters. The second-order valence-electron chi connectivity index (χ2n) is 9.92. The number of para-hydroxylation sites is 1. The lowest BCUT2D eigenvalue weighted by Crippen LogP contribution is -2.17. The first-order valence-corrected chi connectivity index (χ1v) is 13.9. The van der Waals surface area contributed by atoms with Crippen molar-refractivity contribution < 1.29 is 9.53 Å². The lowest BCUT2D eigenvalue weighted by atomic mass is 10.0. The zero-order chi connectivity index (χ0) is 28.6. The number of nitrogens with one attached hydrogen (secondary N) is 1. The number of rotatable bonds is 9. The van der Waals surface area contributed by atoms with E-state index in [9.17, 15) is 4.79 Å². The third kappa shape index (κ3) is 6.45. The molecule has 5 aromatic rings. The Labute approximate surface area is 245 Å². The molecule has 206 valence electrons. The van der Waals surface area contributed by atoms with E-state index in [-0.39, 0.29) is 5.91 Å². The third-order valence-electron chi connectivity index (χ3n) is 7.06. The molecule has 0 atom stereocenters. The van der Waals surface area contributed by atoms with Crippen LogP contribution >= 0.6 is 0 Å². The molecular formula is C36H30N4O2. The molecular weight excluding hydrogens is 520 g/mol. The Kier molecular flexibility index (Phi) is 8.13. The van der Waals surface area contributed by atoms with E-state index < -0.39 is 0 Å². The minimum absolute atomic E-state index is 0.274. The van der Waals surface area contributed by atoms with Gasteiger partial charge in [-0.1, -0.05) is 103 Å². The first kappa shape index (κ1) is 26.7. The van der Waals surface area contributed by atoms with Crippen molar-refractivity contribution in [1.29, 1.82) is 0 Å². The van der Waals surface area contributed by atoms with Crippen molar-refractivity contribution in [2.75, 3.05) is 11.6 Å². The number of carbonyl (C=O) groups is 1. The Morgan fingerprint density at radius 1 is 0.786 bits per heavy atom. The normalized spacial score (nSPS) is 12.8. The van der Waals surface area contributed by atoms with Crippen LogP contribution in [0.15, 0.2) is 144 Å². The monoisotopic (exact) mass is 550 g/mol. The number of nitrogens with zero attached hydrogens (tertiary/aromatic N) is 3. The van der Waals surface area contributed by atoms with E-state index in [4.69, 9.17) is 9.84 Å². The van der Waals surface area contributed by atoms with Crippen LogP contribution in [0.25, 0.3) is 11.1 Å². The van der Waals surface area contributed by atoms with E-state index in [0.29, 0.717) is 12.2 Å². The van der Waals surface area contributed by atoms with Crippen molar-refractivity contribution in [3.63, 3.8) is 0 Å². The Morgan fingerprint density at radius 2 is 1.45 bits per heavy atom. The van der Waals surface area contributed by atoms with Crippen LogP contribution in [-0.4, -0.2) is 24.4 Å². The topological polar surface area (TPSA) is 66.3 Å². The van der Waals surface area contributed by atoms with Crippen molar-refractivity contribution in [3.8, 4) is 16.9 Å². The Morgan fingerprint density at radius 3 is 2.19 bits per heavy atom. The van der Waals surface area contributed by atoms with Crippen LogP contribution in [0.1, 0.15) is 33.5 Å². The van der Waals surface area contributed by atoms with E-state index >= 15 is 0 Å². The molecule has 1 aliphatic rings. The van der Waals surface area contributed by atoms with Crippen molar-refractivity contribution >= 4 is 23.5 Å². The maximum atomic E-state index is 12.6. The fraction of sp³-hybridized carbons (Fsp3) is 0.0833. The summed E-state index contributed by atoms with van der Waals surface area (Å²) in [5.41, 5.74) is 10.4. The van der Waals surface area contributed by atoms with Crippen LogP contribution in [-0.2, 0) is 6.61 Å². The van der Waals surface area contributed by atoms with E-state index in [1.165, 1.54) is 0 Å². The van der Waals surface area contributed by atoms with Crippen LogP contribution in [0.3, 0.4) is 0 Å². The van der Waals surface area contributed by atoms with Gasteiger partial charge in [-0.05, 0) is 52.6 Å². The molecule has 1 heterocycles. The highest BCUT2D eigenvalue weighted by atomic mass is 16.5. The van der Waals surface area contributed by atoms with Crippen molar-refractivity contribution in [2.24, 2.45) is 10.2 Å². The minimum Gasteiger partial charge on any atom is -0.488 e. The average molecular weight is 551 g/mol. The molecule has 6 nitrogen and oxygen atoms in total. The molecule has 0 saturated heterocycles. The predicted octanol–water partition coefficient (Wildman–Crippen LogP) is 7.31. The lowest BCUT2D eigenvalue weighted by molar-refractivity contribution is 0.0955. The number of hydrazone groups is 2. The Balaban J connectivity index is 1.01. The summed E-state index contributed by atoms with van der Waals surface area (Å²) in [5.74, 6) is 0.544. The molecule has 0 fully saturated rings. The number of ether oxygens (including phenoxy) is 1. The molecule has 0 aromatic heterocycles. The summed E-state index contributed by atoms with van der Waals surface area (Å²) >= 11 is 0. The highest BCUT2D eigenvalue weighted by Crippen LogP contribution is 2.30. The summed E-state index contributed by atoms with van der Waals surface area (Å²) in [5, 5.41) is 10.9. The molecule has 0 radical (unpaired) electrons. The summed E-state index contributed by atoms with van der Waals surface area (Å²) in [6, 6.07) is 43.7. The van der Waals surface area contributed by atoms with Gasteiger partial charge in [0.25, 0.3) is 5.91 Å². The summed E-state index contributed by atoms with van der Waals surface area (Å²) < 4.78 is 6.12. The molecule has 42 heavy (non-hydrogen) atoms. The summed E-state index contributed by atoms with van der Waals surface area (Å²) in [7, 11) is 0. The standard InChI is InChI=1S/C36H30N4O2/c41-36(31-19-15-28(16-20-31)26-42-35-14-8-7-13-33(35)29-9-3-1-4-10-29)38-37-25-27-17-21-32(22-18-27)40-24-23-34(39-40)30-11-5-2-6-12-30/h1-22,25H,23-24,26H2,(H,38,41)/b37-25+. The second kappa shape index (κ2) is 12.8. The third-order valence-corrected chi connectivity index (χ3v) is 7.06. The van der Waals surface area contributed by atoms with Gasteiger partial charge in [0.2, 0.25) is 0 Å². The highest BCUT2D eigenvalue weighted by molar-refractivity contribution is 6.02. The van der Waals surface area contributed by atoms with E-state index in [0.717, 1.165) is 57.9 Å². The number of anilines is 1. The molecule has 1 N–H and O–H groups in total. The average Bonchev–Trinajstić information content (AvgIpc) is 3.56. The zero-order valence-electron chi connectivity index (χ0n) is 23.1. The predicted molar refractivity (Wildman–Crippen MR) is 169 cm³/mol. The van der Waals surface area contributed by atoms with Gasteiger partial charge in [0.15, 0.2) is 0 Å². The number of hydrogen-bond acceptors (Lipinski definition) is 5. The second-order valence-corrected chi connectivity index (χ2v) is 9.92. The summed E-state index contributed by atoms with van der Waals surface area (Å²) in [6.07, 6.45) is 2.55. The Hall–Kier alpha value is -5.49. The molecule has 6 heteroatoms. The van der Waals surface area contributed by atoms with Gasteiger partial charge in [-0.2, -0.15) is 10.2 Å². The lowest BCUT2D eigenvalue weighted by Gasteiger charge is -2.13. The van der Waals surface area contributed by atoms with Crippen LogP contribution < -0.4 is 15.2 Å². The van der Waals surface area contributed by atoms with Gasteiger partial charge in [-0.25, -0.2) is 5.43 Å². The molecule has 0 bridgehead atoms. The Bertz CT molecular complexity index is 1700. The molecule has 0 spiro atoms. The van der Waals surface area contributed by atoms with E-state index in [2.05, 4.69) is 40.9 Å². The molecule has 0 saturated carbocycles. The van der Waals surface area contributed by atoms with Gasteiger partial charge in [-0.3, -0.25) is 9.80 Å². The largest absolute Gasteiger partial charge is 0.488 e. The van der Waals surface area contributed by atoms with Gasteiger partial charge in [-0.15, -0.1) is 0 Å². The summed E-state index contributed by atoms with van der Waals surface area (Å²) in [6.45, 7) is 1.25. The van der Waals surface area contributed by atoms with E-state index in [1.807, 2.05) is 96.0 Å².